The van der Waals surface area contributed by atoms with Crippen molar-refractivity contribution in [2.75, 3.05) is 13.7 Å². The third kappa shape index (κ3) is 7.63. The van der Waals surface area contributed by atoms with Gasteiger partial charge in [-0.1, -0.05) is 43.2 Å². The lowest BCUT2D eigenvalue weighted by Gasteiger charge is -2.22. The Bertz CT molecular complexity index is 989. The van der Waals surface area contributed by atoms with E-state index in [-0.39, 0.29) is 18.4 Å². The van der Waals surface area contributed by atoms with Gasteiger partial charge < -0.3 is 24.6 Å². The minimum atomic E-state index is -0.817. The summed E-state index contributed by atoms with van der Waals surface area (Å²) in [5.41, 5.74) is 0.700. The van der Waals surface area contributed by atoms with E-state index in [1.807, 2.05) is 47.4 Å². The van der Waals surface area contributed by atoms with Crippen LogP contribution in [0.1, 0.15) is 56.6 Å². The number of aliphatic hydroxyl groups excluding tert-OH is 1. The van der Waals surface area contributed by atoms with Crippen molar-refractivity contribution < 1.29 is 29.3 Å². The number of methoxy groups -OCH3 is 1. The van der Waals surface area contributed by atoms with Gasteiger partial charge in [0, 0.05) is 25.5 Å². The number of nitrogens with zero attached hydrogens (tertiary/aromatic N) is 1. The summed E-state index contributed by atoms with van der Waals surface area (Å²) in [5, 5.41) is 19.4. The molecule has 1 aliphatic heterocycles. The van der Waals surface area contributed by atoms with Crippen molar-refractivity contribution in [2.45, 2.75) is 57.1 Å². The molecule has 1 aliphatic rings. The average Bonchev–Trinajstić information content (AvgIpc) is 3.19. The van der Waals surface area contributed by atoms with Crippen LogP contribution in [0.3, 0.4) is 0 Å². The molecule has 2 N–H and O–H groups in total. The molecule has 0 aromatic heterocycles. The maximum atomic E-state index is 12.3. The Morgan fingerprint density at radius 3 is 2.56 bits per heavy atom. The molecule has 0 saturated carbocycles. The van der Waals surface area contributed by atoms with Crippen LogP contribution in [0, 0.1) is 0 Å². The molecule has 182 valence electrons. The number of benzene rings is 2. The van der Waals surface area contributed by atoms with Crippen LogP contribution < -0.4 is 9.47 Å². The predicted molar refractivity (Wildman–Crippen MR) is 129 cm³/mol. The number of carbonyl (C=O) groups excluding carboxylic acids is 1. The number of hydrogen-bond acceptors (Lipinski definition) is 5. The Labute approximate surface area is 200 Å². The van der Waals surface area contributed by atoms with Crippen molar-refractivity contribution in [3.8, 4) is 17.2 Å². The number of amides is 1. The maximum absolute atomic E-state index is 12.3. The molecule has 7 heteroatoms. The Morgan fingerprint density at radius 1 is 1.09 bits per heavy atom. The van der Waals surface area contributed by atoms with Gasteiger partial charge in [-0.2, -0.15) is 0 Å². The van der Waals surface area contributed by atoms with Crippen LogP contribution in [0.4, 0.5) is 0 Å². The Hall–Kier alpha value is -3.32. The van der Waals surface area contributed by atoms with Crippen molar-refractivity contribution in [1.29, 1.82) is 0 Å². The smallest absolute Gasteiger partial charge is 0.303 e. The number of rotatable bonds is 13. The summed E-state index contributed by atoms with van der Waals surface area (Å²) in [6.07, 6.45) is 7.52. The zero-order chi connectivity index (χ0) is 24.3. The van der Waals surface area contributed by atoms with E-state index in [0.717, 1.165) is 25.7 Å². The quantitative estimate of drug-likeness (QED) is 0.314. The molecule has 2 atom stereocenters. The highest BCUT2D eigenvalue weighted by molar-refractivity contribution is 5.79. The number of ether oxygens (including phenoxy) is 2. The van der Waals surface area contributed by atoms with Crippen LogP contribution in [0.2, 0.25) is 0 Å². The predicted octanol–water partition coefficient (Wildman–Crippen LogP) is 5.10. The first-order valence-electron chi connectivity index (χ1n) is 11.8. The molecule has 1 amide bonds. The summed E-state index contributed by atoms with van der Waals surface area (Å²) >= 11 is 0. The number of carboxylic acids is 1. The van der Waals surface area contributed by atoms with Gasteiger partial charge in [-0.3, -0.25) is 9.59 Å². The zero-order valence-corrected chi connectivity index (χ0v) is 19.6. The van der Waals surface area contributed by atoms with Gasteiger partial charge >= 0.3 is 5.97 Å². The largest absolute Gasteiger partial charge is 0.497 e. The standard InChI is InChI=1S/C27H33NO6/c1-33-22-9-7-11-24(19-22)34-23-10-6-8-20(18-23)25(29)15-13-21-14-16-26(30)28(21)17-5-3-2-4-12-27(31)32/h6-11,13,15,18-19,21,25,29H,2-5,12,14,16-17H2,1H3,(H,31,32)/t21?,25-/m1/s1. The van der Waals surface area contributed by atoms with Crippen molar-refractivity contribution in [1.82, 2.24) is 4.90 Å². The minimum Gasteiger partial charge on any atom is -0.497 e. The van der Waals surface area contributed by atoms with Crippen LogP contribution >= 0.6 is 0 Å². The second kappa shape index (κ2) is 12.8. The highest BCUT2D eigenvalue weighted by Crippen LogP contribution is 2.28. The van der Waals surface area contributed by atoms with E-state index >= 15 is 0 Å². The molecule has 3 rings (SSSR count). The van der Waals surface area contributed by atoms with Crippen LogP contribution in [0.5, 0.6) is 17.2 Å². The Morgan fingerprint density at radius 2 is 1.79 bits per heavy atom. The van der Waals surface area contributed by atoms with Crippen molar-refractivity contribution >= 4 is 11.9 Å². The lowest BCUT2D eigenvalue weighted by Crippen LogP contribution is -2.32. The first kappa shape index (κ1) is 25.3. The van der Waals surface area contributed by atoms with E-state index in [0.29, 0.717) is 42.2 Å². The van der Waals surface area contributed by atoms with Crippen LogP contribution in [-0.4, -0.2) is 46.7 Å². The topological polar surface area (TPSA) is 96.3 Å². The summed E-state index contributed by atoms with van der Waals surface area (Å²) in [5.74, 6) is 1.31. The molecule has 1 unspecified atom stereocenters. The van der Waals surface area contributed by atoms with E-state index in [4.69, 9.17) is 14.6 Å². The van der Waals surface area contributed by atoms with Crippen LogP contribution in [0.15, 0.2) is 60.7 Å². The molecule has 2 aromatic rings. The van der Waals surface area contributed by atoms with Crippen molar-refractivity contribution in [2.24, 2.45) is 0 Å². The lowest BCUT2D eigenvalue weighted by atomic mass is 10.1. The van der Waals surface area contributed by atoms with Gasteiger partial charge in [-0.25, -0.2) is 0 Å². The fourth-order valence-electron chi connectivity index (χ4n) is 4.07. The van der Waals surface area contributed by atoms with Crippen LogP contribution in [-0.2, 0) is 9.59 Å². The Kier molecular flexibility index (Phi) is 9.52. The summed E-state index contributed by atoms with van der Waals surface area (Å²) in [4.78, 5) is 24.8. The van der Waals surface area contributed by atoms with Gasteiger partial charge in [0.05, 0.1) is 19.3 Å². The molecule has 0 radical (unpaired) electrons. The van der Waals surface area contributed by atoms with E-state index in [2.05, 4.69) is 0 Å². The lowest BCUT2D eigenvalue weighted by molar-refractivity contribution is -0.137. The van der Waals surface area contributed by atoms with Gasteiger partial charge in [0.15, 0.2) is 0 Å². The SMILES string of the molecule is COc1cccc(Oc2cccc([C@H](O)C=CC3CCC(=O)N3CCCCCCC(=O)O)c2)c1. The third-order valence-electron chi connectivity index (χ3n) is 5.91. The van der Waals surface area contributed by atoms with Crippen molar-refractivity contribution in [3.05, 3.63) is 66.2 Å². The number of carbonyl (C=O) groups is 2. The monoisotopic (exact) mass is 467 g/mol. The number of carboxylic acid groups (broad SMARTS) is 1. The molecule has 1 fully saturated rings. The highest BCUT2D eigenvalue weighted by atomic mass is 16.5. The molecule has 0 spiro atoms. The first-order chi connectivity index (χ1) is 16.5. The summed E-state index contributed by atoms with van der Waals surface area (Å²) in [6, 6.07) is 14.6. The fraction of sp³-hybridized carbons (Fsp3) is 0.407. The van der Waals surface area contributed by atoms with E-state index in [1.165, 1.54) is 0 Å². The van der Waals surface area contributed by atoms with Gasteiger partial charge in [-0.05, 0) is 49.1 Å². The molecule has 0 aliphatic carbocycles. The van der Waals surface area contributed by atoms with E-state index in [9.17, 15) is 14.7 Å². The van der Waals surface area contributed by atoms with Gasteiger partial charge in [-0.15, -0.1) is 0 Å². The van der Waals surface area contributed by atoms with Crippen molar-refractivity contribution in [3.63, 3.8) is 0 Å². The molecule has 1 saturated heterocycles. The molecule has 2 aromatic carbocycles. The summed E-state index contributed by atoms with van der Waals surface area (Å²) in [6.45, 7) is 0.654. The normalized spacial score (nSPS) is 16.7. The average molecular weight is 468 g/mol. The second-order valence-electron chi connectivity index (χ2n) is 8.43. The molecule has 0 bridgehead atoms. The molecule has 7 nitrogen and oxygen atoms in total. The van der Waals surface area contributed by atoms with E-state index < -0.39 is 12.1 Å². The highest BCUT2D eigenvalue weighted by Gasteiger charge is 2.28. The zero-order valence-electron chi connectivity index (χ0n) is 19.6. The molecular formula is C27H33NO6. The number of aliphatic hydroxyl groups is 1. The number of hydrogen-bond donors (Lipinski definition) is 2. The molecular weight excluding hydrogens is 434 g/mol. The Balaban J connectivity index is 1.54. The second-order valence-corrected chi connectivity index (χ2v) is 8.43. The third-order valence-corrected chi connectivity index (χ3v) is 5.91. The number of likely N-dealkylation sites (tertiary alicyclic amines) is 1. The summed E-state index contributed by atoms with van der Waals surface area (Å²) in [7, 11) is 1.60. The van der Waals surface area contributed by atoms with Gasteiger partial charge in [0.25, 0.3) is 0 Å². The molecule has 1 heterocycles. The molecule has 34 heavy (non-hydrogen) atoms. The fourth-order valence-corrected chi connectivity index (χ4v) is 4.07. The van der Waals surface area contributed by atoms with Gasteiger partial charge in [0.1, 0.15) is 17.2 Å². The number of aliphatic carboxylic acids is 1. The van der Waals surface area contributed by atoms with Crippen LogP contribution in [0.25, 0.3) is 0 Å². The van der Waals surface area contributed by atoms with Gasteiger partial charge in [0.2, 0.25) is 5.91 Å². The number of unbranched alkanes of at least 4 members (excludes halogenated alkanes) is 3. The first-order valence-corrected chi connectivity index (χ1v) is 11.8. The minimum absolute atomic E-state index is 0.0302. The van der Waals surface area contributed by atoms with E-state index in [1.54, 1.807) is 25.3 Å². The maximum Gasteiger partial charge on any atom is 0.303 e. The summed E-state index contributed by atoms with van der Waals surface area (Å²) < 4.78 is 11.1.